The second kappa shape index (κ2) is 6.23. The first kappa shape index (κ1) is 14.1. The van der Waals surface area contributed by atoms with E-state index in [1.54, 1.807) is 11.6 Å². The van der Waals surface area contributed by atoms with Gasteiger partial charge in [-0.15, -0.1) is 5.10 Å². The smallest absolute Gasteiger partial charge is 0.338 e. The van der Waals surface area contributed by atoms with E-state index in [-0.39, 0.29) is 12.2 Å². The number of carbonyl (C=O) groups is 1. The number of tetrazole rings is 1. The van der Waals surface area contributed by atoms with Crippen molar-refractivity contribution in [2.45, 2.75) is 33.4 Å². The molecule has 0 radical (unpaired) electrons. The molecule has 0 saturated heterocycles. The van der Waals surface area contributed by atoms with Crippen LogP contribution in [0.3, 0.4) is 0 Å². The van der Waals surface area contributed by atoms with E-state index in [1.807, 2.05) is 6.92 Å². The van der Waals surface area contributed by atoms with Crippen molar-refractivity contribution in [3.05, 3.63) is 41.0 Å². The van der Waals surface area contributed by atoms with E-state index < -0.39 is 11.8 Å². The summed E-state index contributed by atoms with van der Waals surface area (Å²) >= 11 is 0. The minimum Gasteiger partial charge on any atom is -0.454 e. The Balaban J connectivity index is 2.01. The summed E-state index contributed by atoms with van der Waals surface area (Å²) in [6, 6.07) is 4.22. The summed E-state index contributed by atoms with van der Waals surface area (Å²) < 4.78 is 20.0. The molecule has 0 N–H and O–H groups in total. The summed E-state index contributed by atoms with van der Waals surface area (Å²) in [4.78, 5) is 11.8. The summed E-state index contributed by atoms with van der Waals surface area (Å²) in [6.45, 7) is 4.23. The van der Waals surface area contributed by atoms with Gasteiger partial charge in [0.15, 0.2) is 12.4 Å². The van der Waals surface area contributed by atoms with E-state index in [9.17, 15) is 9.18 Å². The van der Waals surface area contributed by atoms with Crippen LogP contribution in [0.15, 0.2) is 18.2 Å². The van der Waals surface area contributed by atoms with Crippen molar-refractivity contribution >= 4 is 5.97 Å². The van der Waals surface area contributed by atoms with Crippen molar-refractivity contribution in [1.82, 2.24) is 20.2 Å². The molecule has 0 fully saturated rings. The van der Waals surface area contributed by atoms with Gasteiger partial charge in [0, 0.05) is 6.54 Å². The molecular formula is C13H15FN4O2. The molecule has 1 heterocycles. The third-order valence-electron chi connectivity index (χ3n) is 2.78. The Bertz CT molecular complexity index is 612. The highest BCUT2D eigenvalue weighted by Crippen LogP contribution is 2.11. The molecule has 0 amide bonds. The maximum atomic E-state index is 13.4. The van der Waals surface area contributed by atoms with Crippen molar-refractivity contribution in [1.29, 1.82) is 0 Å². The van der Waals surface area contributed by atoms with Crippen LogP contribution in [0.25, 0.3) is 0 Å². The molecule has 1 aromatic carbocycles. The summed E-state index contributed by atoms with van der Waals surface area (Å²) in [5, 5.41) is 11.1. The molecular weight excluding hydrogens is 263 g/mol. The zero-order valence-corrected chi connectivity index (χ0v) is 11.3. The van der Waals surface area contributed by atoms with Crippen LogP contribution in [0.5, 0.6) is 0 Å². The Hall–Kier alpha value is -2.31. The van der Waals surface area contributed by atoms with E-state index >= 15 is 0 Å². The van der Waals surface area contributed by atoms with E-state index in [0.717, 1.165) is 12.5 Å². The summed E-state index contributed by atoms with van der Waals surface area (Å²) in [6.07, 6.45) is 0.870. The largest absolute Gasteiger partial charge is 0.454 e. The van der Waals surface area contributed by atoms with Crippen molar-refractivity contribution in [2.24, 2.45) is 0 Å². The number of esters is 1. The highest BCUT2D eigenvalue weighted by molar-refractivity contribution is 5.89. The maximum absolute atomic E-state index is 13.4. The molecule has 0 atom stereocenters. The molecule has 0 unspecified atom stereocenters. The van der Waals surface area contributed by atoms with Gasteiger partial charge in [0.25, 0.3) is 0 Å². The van der Waals surface area contributed by atoms with Crippen molar-refractivity contribution < 1.29 is 13.9 Å². The van der Waals surface area contributed by atoms with Gasteiger partial charge in [-0.25, -0.2) is 13.9 Å². The minimum atomic E-state index is -0.602. The van der Waals surface area contributed by atoms with Crippen molar-refractivity contribution in [2.75, 3.05) is 0 Å². The lowest BCUT2D eigenvalue weighted by Crippen LogP contribution is -2.11. The van der Waals surface area contributed by atoms with E-state index in [2.05, 4.69) is 15.5 Å². The van der Waals surface area contributed by atoms with Gasteiger partial charge in [-0.3, -0.25) is 0 Å². The summed E-state index contributed by atoms with van der Waals surface area (Å²) in [7, 11) is 0. The number of halogens is 1. The fourth-order valence-corrected chi connectivity index (χ4v) is 1.65. The normalized spacial score (nSPS) is 10.6. The molecule has 2 aromatic rings. The Morgan fingerprint density at radius 1 is 1.45 bits per heavy atom. The van der Waals surface area contributed by atoms with Crippen LogP contribution >= 0.6 is 0 Å². The second-order valence-corrected chi connectivity index (χ2v) is 4.36. The molecule has 0 aliphatic carbocycles. The first-order valence-electron chi connectivity index (χ1n) is 6.30. The molecule has 0 bridgehead atoms. The topological polar surface area (TPSA) is 69.9 Å². The van der Waals surface area contributed by atoms with Gasteiger partial charge >= 0.3 is 5.97 Å². The fourth-order valence-electron chi connectivity index (χ4n) is 1.65. The maximum Gasteiger partial charge on any atom is 0.338 e. The van der Waals surface area contributed by atoms with Crippen LogP contribution in [0.1, 0.15) is 35.1 Å². The molecule has 6 nitrogen and oxygen atoms in total. The third-order valence-corrected chi connectivity index (χ3v) is 2.78. The molecule has 0 spiro atoms. The fraction of sp³-hybridized carbons (Fsp3) is 0.385. The number of ether oxygens (including phenoxy) is 1. The third kappa shape index (κ3) is 3.17. The monoisotopic (exact) mass is 278 g/mol. The van der Waals surface area contributed by atoms with Gasteiger partial charge in [0.1, 0.15) is 5.82 Å². The predicted molar refractivity (Wildman–Crippen MR) is 68.4 cm³/mol. The number of benzene rings is 1. The zero-order valence-electron chi connectivity index (χ0n) is 11.3. The number of hydrogen-bond donors (Lipinski definition) is 0. The summed E-state index contributed by atoms with van der Waals surface area (Å²) in [5.41, 5.74) is 0.649. The first-order valence-corrected chi connectivity index (χ1v) is 6.30. The van der Waals surface area contributed by atoms with Gasteiger partial charge < -0.3 is 4.74 Å². The van der Waals surface area contributed by atoms with Gasteiger partial charge in [0.05, 0.1) is 5.56 Å². The Morgan fingerprint density at radius 2 is 2.25 bits per heavy atom. The second-order valence-electron chi connectivity index (χ2n) is 4.36. The highest BCUT2D eigenvalue weighted by atomic mass is 19.1. The van der Waals surface area contributed by atoms with Crippen LogP contribution in [-0.4, -0.2) is 26.2 Å². The average Bonchev–Trinajstić information content (AvgIpc) is 2.87. The van der Waals surface area contributed by atoms with Crippen LogP contribution in [0, 0.1) is 12.7 Å². The standard InChI is InChI=1S/C13H15FN4O2/c1-3-6-18-12(15-16-17-18)8-20-13(19)10-5-4-9(2)11(14)7-10/h4-5,7H,3,6,8H2,1-2H3. The number of aromatic nitrogens is 4. The highest BCUT2D eigenvalue weighted by Gasteiger charge is 2.12. The number of rotatable bonds is 5. The lowest BCUT2D eigenvalue weighted by atomic mass is 10.1. The number of carbonyl (C=O) groups excluding carboxylic acids is 1. The molecule has 1 aromatic heterocycles. The van der Waals surface area contributed by atoms with Crippen LogP contribution in [0.2, 0.25) is 0 Å². The molecule has 0 aliphatic rings. The predicted octanol–water partition coefficient (Wildman–Crippen LogP) is 1.89. The van der Waals surface area contributed by atoms with E-state index in [1.165, 1.54) is 12.1 Å². The molecule has 106 valence electrons. The molecule has 20 heavy (non-hydrogen) atoms. The Morgan fingerprint density at radius 3 is 2.95 bits per heavy atom. The van der Waals surface area contributed by atoms with Crippen LogP contribution < -0.4 is 0 Å². The molecule has 7 heteroatoms. The lowest BCUT2D eigenvalue weighted by Gasteiger charge is -2.06. The van der Waals surface area contributed by atoms with Crippen LogP contribution in [-0.2, 0) is 17.9 Å². The van der Waals surface area contributed by atoms with Crippen molar-refractivity contribution in [3.8, 4) is 0 Å². The van der Waals surface area contributed by atoms with E-state index in [0.29, 0.717) is 17.9 Å². The van der Waals surface area contributed by atoms with Gasteiger partial charge in [-0.2, -0.15) is 0 Å². The lowest BCUT2D eigenvalue weighted by molar-refractivity contribution is 0.0456. The summed E-state index contributed by atoms with van der Waals surface area (Å²) in [5.74, 6) is -0.571. The zero-order chi connectivity index (χ0) is 14.5. The Kier molecular flexibility index (Phi) is 4.39. The van der Waals surface area contributed by atoms with Crippen LogP contribution in [0.4, 0.5) is 4.39 Å². The Labute approximate surface area is 115 Å². The van der Waals surface area contributed by atoms with Gasteiger partial charge in [0.2, 0.25) is 0 Å². The molecule has 0 aliphatic heterocycles. The average molecular weight is 278 g/mol. The molecule has 2 rings (SSSR count). The van der Waals surface area contributed by atoms with E-state index in [4.69, 9.17) is 4.74 Å². The SMILES string of the molecule is CCCn1nnnc1COC(=O)c1ccc(C)c(F)c1. The van der Waals surface area contributed by atoms with Gasteiger partial charge in [-0.1, -0.05) is 13.0 Å². The van der Waals surface area contributed by atoms with Gasteiger partial charge in [-0.05, 0) is 41.5 Å². The minimum absolute atomic E-state index is 0.0403. The first-order chi connectivity index (χ1) is 9.61. The van der Waals surface area contributed by atoms with Crippen molar-refractivity contribution in [3.63, 3.8) is 0 Å². The number of nitrogens with zero attached hydrogens (tertiary/aromatic N) is 4. The molecule has 0 saturated carbocycles. The number of aryl methyl sites for hydroxylation is 2. The quantitative estimate of drug-likeness (QED) is 0.781. The number of hydrogen-bond acceptors (Lipinski definition) is 5.